The highest BCUT2D eigenvalue weighted by molar-refractivity contribution is 6.36. The number of nitrogens with zero attached hydrogens (tertiary/aromatic N) is 3. The summed E-state index contributed by atoms with van der Waals surface area (Å²) in [4.78, 5) is 37.9. The topological polar surface area (TPSA) is 128 Å². The van der Waals surface area contributed by atoms with Gasteiger partial charge in [0.15, 0.2) is 11.4 Å². The number of carbonyl (C=O) groups is 3. The number of hydrogen-bond donors (Lipinski definition) is 1. The number of benzene rings is 1. The second-order valence-corrected chi connectivity index (χ2v) is 10.2. The van der Waals surface area contributed by atoms with Crippen LogP contribution in [0.1, 0.15) is 57.6 Å². The largest absolute Gasteiger partial charge is 0.489 e. The van der Waals surface area contributed by atoms with Gasteiger partial charge in [0, 0.05) is 17.5 Å². The number of carbonyl (C=O) groups excluding carboxylic acids is 2. The van der Waals surface area contributed by atoms with Gasteiger partial charge in [-0.3, -0.25) is 0 Å². The van der Waals surface area contributed by atoms with Gasteiger partial charge in [0.05, 0.1) is 11.6 Å². The van der Waals surface area contributed by atoms with Crippen molar-refractivity contribution in [2.24, 2.45) is 0 Å². The monoisotopic (exact) mass is 545 g/mol. The Morgan fingerprint density at radius 3 is 2.06 bits per heavy atom. The van der Waals surface area contributed by atoms with Crippen LogP contribution in [-0.2, 0) is 15.9 Å². The summed E-state index contributed by atoms with van der Waals surface area (Å²) in [6.45, 7) is 9.30. The predicted octanol–water partition coefficient (Wildman–Crippen LogP) is 5.92. The molecule has 0 saturated heterocycles. The number of hydrogen-bond acceptors (Lipinski definition) is 8. The SMILES string of the molecule is CC(C)(C)OC(=O)N(C(=O)OC(C)(C)C)c1nnc(C(=O)O)cc1OCCc1c(Cl)ccc(F)c1Cl. The zero-order chi connectivity index (χ0) is 27.4. The number of carboxylic acid groups (broad SMARTS) is 1. The van der Waals surface area contributed by atoms with Crippen molar-refractivity contribution in [1.29, 1.82) is 0 Å². The van der Waals surface area contributed by atoms with Crippen molar-refractivity contribution < 1.29 is 38.1 Å². The first kappa shape index (κ1) is 29.1. The van der Waals surface area contributed by atoms with Gasteiger partial charge in [-0.1, -0.05) is 23.2 Å². The average Bonchev–Trinajstić information content (AvgIpc) is 2.71. The fourth-order valence-electron chi connectivity index (χ4n) is 2.66. The molecule has 0 saturated carbocycles. The standard InChI is InChI=1S/C23H26Cl2FN3O7/c1-22(2,3)35-20(32)29(21(33)36-23(4,5)6)18-16(11-15(19(30)31)27-28-18)34-10-9-12-13(24)7-8-14(26)17(12)25/h7-8,11H,9-10H2,1-6H3,(H,30,31). The smallest absolute Gasteiger partial charge is 0.425 e. The predicted molar refractivity (Wildman–Crippen MR) is 130 cm³/mol. The minimum Gasteiger partial charge on any atom is -0.489 e. The third-order valence-electron chi connectivity index (χ3n) is 4.07. The average molecular weight is 546 g/mol. The molecule has 0 aliphatic rings. The normalized spacial score (nSPS) is 11.6. The molecule has 2 amide bonds. The third-order valence-corrected chi connectivity index (χ3v) is 4.84. The highest BCUT2D eigenvalue weighted by Crippen LogP contribution is 2.31. The van der Waals surface area contributed by atoms with E-state index >= 15 is 0 Å². The van der Waals surface area contributed by atoms with E-state index in [0.29, 0.717) is 4.90 Å². The summed E-state index contributed by atoms with van der Waals surface area (Å²) in [6.07, 6.45) is -2.32. The molecule has 36 heavy (non-hydrogen) atoms. The summed E-state index contributed by atoms with van der Waals surface area (Å²) in [5.41, 5.74) is -2.28. The lowest BCUT2D eigenvalue weighted by molar-refractivity contribution is 0.0426. The lowest BCUT2D eigenvalue weighted by Gasteiger charge is -2.28. The van der Waals surface area contributed by atoms with E-state index < -0.39 is 46.7 Å². The van der Waals surface area contributed by atoms with Crippen LogP contribution in [0.5, 0.6) is 5.75 Å². The van der Waals surface area contributed by atoms with Crippen LogP contribution < -0.4 is 9.64 Å². The van der Waals surface area contributed by atoms with Crippen LogP contribution in [0.2, 0.25) is 10.0 Å². The molecule has 0 unspecified atom stereocenters. The number of amides is 2. The first-order valence-electron chi connectivity index (χ1n) is 10.6. The van der Waals surface area contributed by atoms with Gasteiger partial charge in [-0.2, -0.15) is 4.90 Å². The molecular weight excluding hydrogens is 520 g/mol. The van der Waals surface area contributed by atoms with Crippen molar-refractivity contribution in [2.75, 3.05) is 11.5 Å². The maximum Gasteiger partial charge on any atom is 0.425 e. The number of aromatic nitrogens is 2. The Morgan fingerprint density at radius 2 is 1.56 bits per heavy atom. The number of imide groups is 1. The molecule has 2 aromatic rings. The van der Waals surface area contributed by atoms with Crippen molar-refractivity contribution >= 4 is 47.2 Å². The number of halogens is 3. The number of aromatic carboxylic acids is 1. The van der Waals surface area contributed by atoms with Crippen molar-refractivity contribution in [3.8, 4) is 5.75 Å². The molecule has 10 nitrogen and oxygen atoms in total. The zero-order valence-electron chi connectivity index (χ0n) is 20.5. The van der Waals surface area contributed by atoms with E-state index in [0.717, 1.165) is 12.1 Å². The molecule has 0 spiro atoms. The van der Waals surface area contributed by atoms with E-state index in [1.54, 1.807) is 41.5 Å². The maximum atomic E-state index is 13.8. The van der Waals surface area contributed by atoms with Gasteiger partial charge in [0.2, 0.25) is 5.82 Å². The van der Waals surface area contributed by atoms with Gasteiger partial charge < -0.3 is 19.3 Å². The fraction of sp³-hybridized carbons (Fsp3) is 0.435. The van der Waals surface area contributed by atoms with Crippen molar-refractivity contribution in [1.82, 2.24) is 10.2 Å². The van der Waals surface area contributed by atoms with Crippen LogP contribution in [0.25, 0.3) is 0 Å². The highest BCUT2D eigenvalue weighted by Gasteiger charge is 2.36. The summed E-state index contributed by atoms with van der Waals surface area (Å²) >= 11 is 12.1. The van der Waals surface area contributed by atoms with E-state index in [9.17, 15) is 23.9 Å². The third kappa shape index (κ3) is 7.92. The Hall–Kier alpha value is -3.18. The van der Waals surface area contributed by atoms with E-state index in [-0.39, 0.29) is 34.4 Å². The van der Waals surface area contributed by atoms with E-state index in [1.165, 1.54) is 6.07 Å². The molecule has 13 heteroatoms. The number of rotatable bonds is 6. The van der Waals surface area contributed by atoms with E-state index in [4.69, 9.17) is 37.4 Å². The van der Waals surface area contributed by atoms with E-state index in [1.807, 2.05) is 0 Å². The second kappa shape index (κ2) is 11.3. The van der Waals surface area contributed by atoms with Gasteiger partial charge in [-0.15, -0.1) is 10.2 Å². The first-order valence-corrected chi connectivity index (χ1v) is 11.4. The number of ether oxygens (including phenoxy) is 3. The Bertz CT molecular complexity index is 1140. The Balaban J connectivity index is 2.49. The summed E-state index contributed by atoms with van der Waals surface area (Å²) in [6, 6.07) is 3.41. The van der Waals surface area contributed by atoms with Crippen LogP contribution in [0, 0.1) is 5.82 Å². The van der Waals surface area contributed by atoms with Gasteiger partial charge in [-0.05, 0) is 59.2 Å². The zero-order valence-corrected chi connectivity index (χ0v) is 22.0. The van der Waals surface area contributed by atoms with Crippen LogP contribution in [0.4, 0.5) is 19.8 Å². The molecule has 1 aromatic heterocycles. The minimum atomic E-state index is -1.43. The molecule has 1 aromatic carbocycles. The molecule has 0 bridgehead atoms. The molecular formula is C23H26Cl2FN3O7. The van der Waals surface area contributed by atoms with Crippen LogP contribution in [0.15, 0.2) is 18.2 Å². The highest BCUT2D eigenvalue weighted by atomic mass is 35.5. The van der Waals surface area contributed by atoms with Gasteiger partial charge in [0.1, 0.15) is 17.0 Å². The summed E-state index contributed by atoms with van der Waals surface area (Å²) in [7, 11) is 0. The lowest BCUT2D eigenvalue weighted by atomic mass is 10.1. The molecule has 0 aliphatic heterocycles. The van der Waals surface area contributed by atoms with Crippen molar-refractivity contribution in [3.63, 3.8) is 0 Å². The molecule has 0 atom stereocenters. The van der Waals surface area contributed by atoms with Gasteiger partial charge in [-0.25, -0.2) is 18.8 Å². The van der Waals surface area contributed by atoms with E-state index in [2.05, 4.69) is 10.2 Å². The van der Waals surface area contributed by atoms with Crippen LogP contribution in [0.3, 0.4) is 0 Å². The lowest BCUT2D eigenvalue weighted by Crippen LogP contribution is -2.44. The van der Waals surface area contributed by atoms with Crippen molar-refractivity contribution in [2.45, 2.75) is 59.2 Å². The maximum absolute atomic E-state index is 13.8. The van der Waals surface area contributed by atoms with Crippen LogP contribution >= 0.6 is 23.2 Å². The molecule has 0 fully saturated rings. The quantitative estimate of drug-likeness (QED) is 0.439. The summed E-state index contributed by atoms with van der Waals surface area (Å²) in [5, 5.41) is 16.6. The molecule has 1 heterocycles. The van der Waals surface area contributed by atoms with Crippen molar-refractivity contribution in [3.05, 3.63) is 45.3 Å². The number of carboxylic acids is 1. The molecule has 0 radical (unpaired) electrons. The van der Waals surface area contributed by atoms with Gasteiger partial charge in [0.25, 0.3) is 0 Å². The molecule has 1 N–H and O–H groups in total. The fourth-order valence-corrected chi connectivity index (χ4v) is 3.22. The number of anilines is 1. The van der Waals surface area contributed by atoms with Crippen LogP contribution in [-0.4, -0.2) is 51.3 Å². The first-order chi connectivity index (χ1) is 16.5. The summed E-state index contributed by atoms with van der Waals surface area (Å²) < 4.78 is 30.1. The molecule has 2 rings (SSSR count). The second-order valence-electron chi connectivity index (χ2n) is 9.44. The van der Waals surface area contributed by atoms with Gasteiger partial charge >= 0.3 is 18.2 Å². The Kier molecular flexibility index (Phi) is 9.08. The molecule has 196 valence electrons. The summed E-state index contributed by atoms with van der Waals surface area (Å²) in [5.74, 6) is -2.89. The molecule has 0 aliphatic carbocycles. The Morgan fingerprint density at radius 1 is 1.00 bits per heavy atom. The minimum absolute atomic E-state index is 0.00152. The Labute approximate surface area is 217 Å².